The number of hydrogen-bond acceptors (Lipinski definition) is 3. The Morgan fingerprint density at radius 3 is 2.62 bits per heavy atom. The number of hydrogen-bond donors (Lipinski definition) is 0. The van der Waals surface area contributed by atoms with Crippen molar-refractivity contribution in [1.82, 2.24) is 4.57 Å². The lowest BCUT2D eigenvalue weighted by atomic mass is 10.0. The molecule has 1 aliphatic carbocycles. The van der Waals surface area contributed by atoms with Crippen molar-refractivity contribution in [3.63, 3.8) is 0 Å². The van der Waals surface area contributed by atoms with Crippen molar-refractivity contribution < 1.29 is 9.53 Å². The molecule has 0 amide bonds. The van der Waals surface area contributed by atoms with Crippen molar-refractivity contribution in [3.05, 3.63) is 61.4 Å². The van der Waals surface area contributed by atoms with Crippen molar-refractivity contribution in [2.75, 3.05) is 12.4 Å². The monoisotopic (exact) mass is 523 g/mol. The molecule has 0 unspecified atom stereocenters. The number of carbonyl (C=O) groups is 1. The lowest BCUT2D eigenvalue weighted by Gasteiger charge is -2.15. The smallest absolute Gasteiger partial charge is 0.258 e. The van der Waals surface area contributed by atoms with E-state index in [2.05, 4.69) is 38.5 Å². The van der Waals surface area contributed by atoms with Crippen LogP contribution in [0.15, 0.2) is 41.2 Å². The summed E-state index contributed by atoms with van der Waals surface area (Å²) in [6.07, 6.45) is 0.807. The summed E-state index contributed by atoms with van der Waals surface area (Å²) < 4.78 is 8.01. The van der Waals surface area contributed by atoms with Crippen LogP contribution in [0.25, 0.3) is 22.0 Å². The molecular formula is C20H15BrINO3. The van der Waals surface area contributed by atoms with E-state index in [0.29, 0.717) is 28.8 Å². The number of nitrogens with zero attached hydrogens (tertiary/aromatic N) is 1. The Morgan fingerprint density at radius 1 is 1.08 bits per heavy atom. The second-order valence-electron chi connectivity index (χ2n) is 6.15. The summed E-state index contributed by atoms with van der Waals surface area (Å²) in [6, 6.07) is 11.1. The number of benzene rings is 2. The van der Waals surface area contributed by atoms with E-state index in [-0.39, 0.29) is 11.3 Å². The average Bonchev–Trinajstić information content (AvgIpc) is 2.94. The van der Waals surface area contributed by atoms with Crippen LogP contribution in [0.4, 0.5) is 0 Å². The molecule has 132 valence electrons. The SMILES string of the molecule is COc1ccc2c(c1)C(=O)c1c-2n(CCCBr)c(=O)c2cc(I)ccc12. The van der Waals surface area contributed by atoms with Crippen LogP contribution < -0.4 is 10.3 Å². The summed E-state index contributed by atoms with van der Waals surface area (Å²) in [7, 11) is 1.58. The molecular weight excluding hydrogens is 509 g/mol. The molecule has 1 heterocycles. The molecule has 0 saturated carbocycles. The van der Waals surface area contributed by atoms with E-state index in [1.54, 1.807) is 17.7 Å². The van der Waals surface area contributed by atoms with Crippen LogP contribution in [0.5, 0.6) is 5.75 Å². The summed E-state index contributed by atoms with van der Waals surface area (Å²) >= 11 is 5.63. The molecule has 4 rings (SSSR count). The highest BCUT2D eigenvalue weighted by molar-refractivity contribution is 14.1. The molecule has 0 saturated heterocycles. The Bertz CT molecular complexity index is 1120. The highest BCUT2D eigenvalue weighted by atomic mass is 127. The van der Waals surface area contributed by atoms with Gasteiger partial charge >= 0.3 is 0 Å². The molecule has 2 aromatic carbocycles. The second-order valence-corrected chi connectivity index (χ2v) is 8.19. The molecule has 1 aromatic heterocycles. The fourth-order valence-electron chi connectivity index (χ4n) is 3.54. The van der Waals surface area contributed by atoms with Crippen molar-refractivity contribution in [1.29, 1.82) is 0 Å². The quantitative estimate of drug-likeness (QED) is 0.290. The first-order valence-corrected chi connectivity index (χ1v) is 10.4. The second kappa shape index (κ2) is 6.81. The molecule has 0 fully saturated rings. The molecule has 26 heavy (non-hydrogen) atoms. The largest absolute Gasteiger partial charge is 0.497 e. The Balaban J connectivity index is 2.12. The van der Waals surface area contributed by atoms with Crippen molar-refractivity contribution >= 4 is 55.1 Å². The summed E-state index contributed by atoms with van der Waals surface area (Å²) in [5, 5.41) is 2.11. The number of alkyl halides is 1. The molecule has 0 aliphatic heterocycles. The topological polar surface area (TPSA) is 48.3 Å². The first kappa shape index (κ1) is 17.7. The van der Waals surface area contributed by atoms with Gasteiger partial charge in [-0.3, -0.25) is 9.59 Å². The number of halogens is 2. The van der Waals surface area contributed by atoms with Crippen LogP contribution >= 0.6 is 38.5 Å². The minimum absolute atomic E-state index is 0.0466. The van der Waals surface area contributed by atoms with Gasteiger partial charge in [-0.1, -0.05) is 22.0 Å². The fraction of sp³-hybridized carbons (Fsp3) is 0.200. The molecule has 0 N–H and O–H groups in total. The van der Waals surface area contributed by atoms with Crippen LogP contribution in [0.1, 0.15) is 22.3 Å². The van der Waals surface area contributed by atoms with Gasteiger partial charge in [0.25, 0.3) is 5.56 Å². The highest BCUT2D eigenvalue weighted by Gasteiger charge is 2.32. The molecule has 0 atom stereocenters. The number of aromatic nitrogens is 1. The van der Waals surface area contributed by atoms with Gasteiger partial charge in [0.05, 0.1) is 18.4 Å². The van der Waals surface area contributed by atoms with Crippen molar-refractivity contribution in [3.8, 4) is 17.0 Å². The molecule has 0 bridgehead atoms. The number of rotatable bonds is 4. The highest BCUT2D eigenvalue weighted by Crippen LogP contribution is 2.41. The summed E-state index contributed by atoms with van der Waals surface area (Å²) in [6.45, 7) is 0.562. The number of fused-ring (bicyclic) bond motifs is 5. The molecule has 1 aliphatic rings. The van der Waals surface area contributed by atoms with Gasteiger partial charge in [-0.2, -0.15) is 0 Å². The normalized spacial score (nSPS) is 12.3. The lowest BCUT2D eigenvalue weighted by Crippen LogP contribution is -2.23. The lowest BCUT2D eigenvalue weighted by molar-refractivity contribution is 0.104. The molecule has 6 heteroatoms. The van der Waals surface area contributed by atoms with E-state index in [4.69, 9.17) is 4.74 Å². The maximum Gasteiger partial charge on any atom is 0.258 e. The van der Waals surface area contributed by atoms with Gasteiger partial charge in [0, 0.05) is 37.3 Å². The van der Waals surface area contributed by atoms with E-state index >= 15 is 0 Å². The number of methoxy groups -OCH3 is 1. The van der Waals surface area contributed by atoms with E-state index in [1.807, 2.05) is 30.3 Å². The van der Waals surface area contributed by atoms with Gasteiger partial charge in [-0.05, 0) is 59.3 Å². The maximum absolute atomic E-state index is 13.2. The molecule has 3 aromatic rings. The van der Waals surface area contributed by atoms with Crippen LogP contribution in [-0.4, -0.2) is 22.8 Å². The number of pyridine rings is 1. The summed E-state index contributed by atoms with van der Waals surface area (Å²) in [5.74, 6) is 0.589. The first-order chi connectivity index (χ1) is 12.6. The third-order valence-corrected chi connectivity index (χ3v) is 5.93. The Kier molecular flexibility index (Phi) is 4.64. The van der Waals surface area contributed by atoms with Gasteiger partial charge in [0.2, 0.25) is 0 Å². The summed E-state index contributed by atoms with van der Waals surface area (Å²) in [4.78, 5) is 26.4. The van der Waals surface area contributed by atoms with Crippen LogP contribution in [0.3, 0.4) is 0 Å². The predicted octanol–water partition coefficient (Wildman–Crippen LogP) is 4.61. The first-order valence-electron chi connectivity index (χ1n) is 8.22. The average molecular weight is 524 g/mol. The minimum Gasteiger partial charge on any atom is -0.497 e. The van der Waals surface area contributed by atoms with Crippen molar-refractivity contribution in [2.24, 2.45) is 0 Å². The predicted molar refractivity (Wildman–Crippen MR) is 115 cm³/mol. The van der Waals surface area contributed by atoms with Gasteiger partial charge < -0.3 is 9.30 Å². The molecule has 4 nitrogen and oxygen atoms in total. The number of ether oxygens (including phenoxy) is 1. The Morgan fingerprint density at radius 2 is 1.88 bits per heavy atom. The Hall–Kier alpha value is -1.67. The van der Waals surface area contributed by atoms with E-state index < -0.39 is 0 Å². The zero-order valence-corrected chi connectivity index (χ0v) is 17.8. The zero-order valence-electron chi connectivity index (χ0n) is 14.0. The van der Waals surface area contributed by atoms with Gasteiger partial charge in [0.1, 0.15) is 5.75 Å². The van der Waals surface area contributed by atoms with E-state index in [1.165, 1.54) is 0 Å². The van der Waals surface area contributed by atoms with Gasteiger partial charge in [0.15, 0.2) is 5.78 Å². The Labute approximate surface area is 172 Å². The third-order valence-electron chi connectivity index (χ3n) is 4.70. The molecule has 0 radical (unpaired) electrons. The number of carbonyl (C=O) groups excluding carboxylic acids is 1. The summed E-state index contributed by atoms with van der Waals surface area (Å²) in [5.41, 5.74) is 2.70. The third kappa shape index (κ3) is 2.62. The molecule has 0 spiro atoms. The number of ketones is 1. The zero-order chi connectivity index (χ0) is 18.4. The van der Waals surface area contributed by atoms with Crippen LogP contribution in [0.2, 0.25) is 0 Å². The van der Waals surface area contributed by atoms with E-state index in [0.717, 1.165) is 32.0 Å². The standard InChI is InChI=1S/C20H15BrINO3/c1-26-12-4-6-14-15(10-12)19(24)17-13-5-3-11(22)9-16(13)20(25)23(18(14)17)8-2-7-21/h3-6,9-10H,2,7-8H2,1H3. The van der Waals surface area contributed by atoms with Gasteiger partial charge in [-0.25, -0.2) is 0 Å². The van der Waals surface area contributed by atoms with Crippen molar-refractivity contribution in [2.45, 2.75) is 13.0 Å². The maximum atomic E-state index is 13.2. The van der Waals surface area contributed by atoms with E-state index in [9.17, 15) is 9.59 Å². The van der Waals surface area contributed by atoms with Crippen LogP contribution in [-0.2, 0) is 6.54 Å². The van der Waals surface area contributed by atoms with Crippen LogP contribution in [0, 0.1) is 3.57 Å². The fourth-order valence-corrected chi connectivity index (χ4v) is 4.28. The van der Waals surface area contributed by atoms with Gasteiger partial charge in [-0.15, -0.1) is 0 Å². The minimum atomic E-state index is -0.0484.